The first kappa shape index (κ1) is 19.8. The van der Waals surface area contributed by atoms with E-state index in [0.717, 1.165) is 34.1 Å². The second-order valence-electron chi connectivity index (χ2n) is 7.04. The Hall–Kier alpha value is -3.46. The highest BCUT2D eigenvalue weighted by Crippen LogP contribution is 2.32. The number of nitrogens with zero attached hydrogens (tertiary/aromatic N) is 3. The van der Waals surface area contributed by atoms with Crippen LogP contribution in [0.4, 0.5) is 21.6 Å². The van der Waals surface area contributed by atoms with Crippen molar-refractivity contribution in [3.8, 4) is 11.3 Å². The van der Waals surface area contributed by atoms with Gasteiger partial charge in [-0.2, -0.15) is 5.10 Å². The molecule has 0 saturated heterocycles. The van der Waals surface area contributed by atoms with Crippen molar-refractivity contribution in [2.45, 2.75) is 6.92 Å². The molecule has 2 heterocycles. The largest absolute Gasteiger partial charge is 0.340 e. The molecule has 0 atom stereocenters. The number of sulfonamides is 1. The lowest BCUT2D eigenvalue weighted by Gasteiger charge is -2.11. The molecule has 30 heavy (non-hydrogen) atoms. The van der Waals surface area contributed by atoms with Gasteiger partial charge in [-0.3, -0.25) is 9.40 Å². The monoisotopic (exact) mass is 425 g/mol. The van der Waals surface area contributed by atoms with E-state index in [2.05, 4.69) is 15.1 Å². The third-order valence-electron chi connectivity index (χ3n) is 4.60. The number of nitrogens with one attached hydrogen (secondary N) is 2. The minimum atomic E-state index is -3.34. The van der Waals surface area contributed by atoms with Gasteiger partial charge in [0.25, 0.3) is 0 Å². The number of rotatable bonds is 5. The molecule has 154 valence electrons. The number of aromatic nitrogens is 3. The number of pyridine rings is 1. The van der Waals surface area contributed by atoms with Crippen molar-refractivity contribution in [3.05, 3.63) is 66.1 Å². The molecule has 0 aliphatic rings. The summed E-state index contributed by atoms with van der Waals surface area (Å²) >= 11 is 0. The summed E-state index contributed by atoms with van der Waals surface area (Å²) in [6.45, 7) is 1.91. The van der Waals surface area contributed by atoms with Crippen LogP contribution in [0.2, 0.25) is 0 Å². The number of anilines is 3. The normalized spacial score (nSPS) is 11.6. The molecule has 4 rings (SSSR count). The second-order valence-corrected chi connectivity index (χ2v) is 8.79. The van der Waals surface area contributed by atoms with Crippen molar-refractivity contribution in [3.63, 3.8) is 0 Å². The standard InChI is InChI=1S/C21H20FN5O2S/c1-13-20-19(27(2)25-13)12-18(14-4-6-15(22)7-5-14)24-21(20)23-16-8-10-17(11-9-16)26-30(3,28)29/h4-12,26H,1-3H3,(H,23,24). The van der Waals surface area contributed by atoms with E-state index in [-0.39, 0.29) is 5.82 Å². The van der Waals surface area contributed by atoms with Crippen LogP contribution in [0.3, 0.4) is 0 Å². The zero-order valence-corrected chi connectivity index (χ0v) is 17.5. The van der Waals surface area contributed by atoms with E-state index in [1.165, 1.54) is 12.1 Å². The van der Waals surface area contributed by atoms with Crippen molar-refractivity contribution in [2.24, 2.45) is 7.05 Å². The molecule has 4 aromatic rings. The van der Waals surface area contributed by atoms with Gasteiger partial charge >= 0.3 is 0 Å². The Kier molecular flexibility index (Phi) is 4.90. The maximum absolute atomic E-state index is 13.3. The number of fused-ring (bicyclic) bond motifs is 1. The van der Waals surface area contributed by atoms with Crippen molar-refractivity contribution in [2.75, 3.05) is 16.3 Å². The molecule has 0 amide bonds. The Balaban J connectivity index is 1.76. The van der Waals surface area contributed by atoms with E-state index >= 15 is 0 Å². The van der Waals surface area contributed by atoms with Gasteiger partial charge in [-0.25, -0.2) is 17.8 Å². The van der Waals surface area contributed by atoms with E-state index in [1.807, 2.05) is 20.0 Å². The van der Waals surface area contributed by atoms with Gasteiger partial charge in [-0.15, -0.1) is 0 Å². The zero-order chi connectivity index (χ0) is 21.5. The summed E-state index contributed by atoms with van der Waals surface area (Å²) in [6, 6.07) is 14.9. The molecular weight excluding hydrogens is 405 g/mol. The molecule has 7 nitrogen and oxygen atoms in total. The summed E-state index contributed by atoms with van der Waals surface area (Å²) in [5, 5.41) is 8.67. The first-order valence-electron chi connectivity index (χ1n) is 9.15. The third-order valence-corrected chi connectivity index (χ3v) is 5.21. The van der Waals surface area contributed by atoms with Gasteiger partial charge in [-0.05, 0) is 61.5 Å². The third kappa shape index (κ3) is 4.11. The second kappa shape index (κ2) is 7.42. The SMILES string of the molecule is Cc1nn(C)c2cc(-c3ccc(F)cc3)nc(Nc3ccc(NS(C)(=O)=O)cc3)c12. The highest BCUT2D eigenvalue weighted by Gasteiger charge is 2.15. The van der Waals surface area contributed by atoms with Crippen molar-refractivity contribution >= 4 is 38.1 Å². The van der Waals surface area contributed by atoms with Crippen LogP contribution in [0.5, 0.6) is 0 Å². The molecule has 9 heteroatoms. The smallest absolute Gasteiger partial charge is 0.229 e. The van der Waals surface area contributed by atoms with Crippen LogP contribution in [0.15, 0.2) is 54.6 Å². The van der Waals surface area contributed by atoms with Crippen LogP contribution in [0, 0.1) is 12.7 Å². The maximum atomic E-state index is 13.3. The highest BCUT2D eigenvalue weighted by atomic mass is 32.2. The van der Waals surface area contributed by atoms with Gasteiger partial charge in [0.15, 0.2) is 0 Å². The molecular formula is C21H20FN5O2S. The lowest BCUT2D eigenvalue weighted by atomic mass is 10.1. The van der Waals surface area contributed by atoms with Crippen LogP contribution >= 0.6 is 0 Å². The van der Waals surface area contributed by atoms with Crippen LogP contribution < -0.4 is 10.0 Å². The molecule has 0 bridgehead atoms. The minimum Gasteiger partial charge on any atom is -0.340 e. The molecule has 0 aliphatic heterocycles. The van der Waals surface area contributed by atoms with Crippen LogP contribution in [0.25, 0.3) is 22.2 Å². The maximum Gasteiger partial charge on any atom is 0.229 e. The van der Waals surface area contributed by atoms with Gasteiger partial charge < -0.3 is 5.32 Å². The first-order chi connectivity index (χ1) is 14.2. The number of halogens is 1. The number of benzene rings is 2. The Bertz CT molecular complexity index is 1330. The number of hydrogen-bond acceptors (Lipinski definition) is 5. The topological polar surface area (TPSA) is 88.9 Å². The summed E-state index contributed by atoms with van der Waals surface area (Å²) in [4.78, 5) is 4.75. The van der Waals surface area contributed by atoms with Gasteiger partial charge in [0.1, 0.15) is 11.6 Å². The van der Waals surface area contributed by atoms with E-state index in [0.29, 0.717) is 17.2 Å². The predicted molar refractivity (Wildman–Crippen MR) is 117 cm³/mol. The number of aryl methyl sites for hydroxylation is 2. The fraction of sp³-hybridized carbons (Fsp3) is 0.143. The molecule has 0 fully saturated rings. The molecule has 0 saturated carbocycles. The van der Waals surface area contributed by atoms with Crippen molar-refractivity contribution in [1.29, 1.82) is 0 Å². The van der Waals surface area contributed by atoms with Gasteiger partial charge in [0, 0.05) is 24.0 Å². The summed E-state index contributed by atoms with van der Waals surface area (Å²) in [7, 11) is -1.48. The summed E-state index contributed by atoms with van der Waals surface area (Å²) in [5.74, 6) is 0.304. The molecule has 0 radical (unpaired) electrons. The fourth-order valence-corrected chi connectivity index (χ4v) is 3.87. The van der Waals surface area contributed by atoms with E-state index in [1.54, 1.807) is 41.1 Å². The molecule has 0 unspecified atom stereocenters. The van der Waals surface area contributed by atoms with Crippen molar-refractivity contribution in [1.82, 2.24) is 14.8 Å². The van der Waals surface area contributed by atoms with Crippen molar-refractivity contribution < 1.29 is 12.8 Å². The quantitative estimate of drug-likeness (QED) is 0.500. The van der Waals surface area contributed by atoms with Crippen LogP contribution in [0.1, 0.15) is 5.69 Å². The molecule has 2 aromatic heterocycles. The predicted octanol–water partition coefficient (Wildman–Crippen LogP) is 4.20. The molecule has 2 aromatic carbocycles. The average Bonchev–Trinajstić information content (AvgIpc) is 2.97. The van der Waals surface area contributed by atoms with E-state index in [4.69, 9.17) is 4.98 Å². The Labute approximate surface area is 173 Å². The lowest BCUT2D eigenvalue weighted by molar-refractivity contribution is 0.607. The summed E-state index contributed by atoms with van der Waals surface area (Å²) < 4.78 is 40.3. The van der Waals surface area contributed by atoms with E-state index < -0.39 is 10.0 Å². The first-order valence-corrected chi connectivity index (χ1v) is 11.0. The van der Waals surface area contributed by atoms with Gasteiger partial charge in [-0.1, -0.05) is 0 Å². The average molecular weight is 425 g/mol. The Morgan fingerprint density at radius 2 is 1.63 bits per heavy atom. The molecule has 0 aliphatic carbocycles. The fourth-order valence-electron chi connectivity index (χ4n) is 3.30. The van der Waals surface area contributed by atoms with E-state index in [9.17, 15) is 12.8 Å². The van der Waals surface area contributed by atoms with Crippen LogP contribution in [-0.2, 0) is 17.1 Å². The zero-order valence-electron chi connectivity index (χ0n) is 16.6. The Morgan fingerprint density at radius 1 is 1.00 bits per heavy atom. The van der Waals surface area contributed by atoms with Gasteiger partial charge in [0.05, 0.1) is 28.5 Å². The Morgan fingerprint density at radius 3 is 2.27 bits per heavy atom. The lowest BCUT2D eigenvalue weighted by Crippen LogP contribution is -2.09. The van der Waals surface area contributed by atoms with Gasteiger partial charge in [0.2, 0.25) is 10.0 Å². The van der Waals surface area contributed by atoms with Crippen LogP contribution in [-0.4, -0.2) is 29.4 Å². The summed E-state index contributed by atoms with van der Waals surface area (Å²) in [6.07, 6.45) is 1.10. The number of hydrogen-bond donors (Lipinski definition) is 2. The molecule has 2 N–H and O–H groups in total. The highest BCUT2D eigenvalue weighted by molar-refractivity contribution is 7.92. The molecule has 0 spiro atoms. The minimum absolute atomic E-state index is 0.308. The summed E-state index contributed by atoms with van der Waals surface area (Å²) in [5.41, 5.74) is 4.39.